The summed E-state index contributed by atoms with van der Waals surface area (Å²) in [5.74, 6) is 0.512. The number of carbonyl (C=O) groups excluding carboxylic acids is 1. The normalized spacial score (nSPS) is 21.0. The van der Waals surface area contributed by atoms with Gasteiger partial charge in [0.1, 0.15) is 5.75 Å². The zero-order valence-electron chi connectivity index (χ0n) is 13.3. The van der Waals surface area contributed by atoms with Crippen molar-refractivity contribution in [2.45, 2.75) is 44.2 Å². The Morgan fingerprint density at radius 3 is 2.52 bits per heavy atom. The number of hydrogen-bond donors (Lipinski definition) is 0. The summed E-state index contributed by atoms with van der Waals surface area (Å²) in [6, 6.07) is 7.02. The summed E-state index contributed by atoms with van der Waals surface area (Å²) in [4.78, 5) is 13.9. The van der Waals surface area contributed by atoms with E-state index in [0.717, 1.165) is 44.0 Å². The molecule has 1 aromatic rings. The van der Waals surface area contributed by atoms with Crippen molar-refractivity contribution < 1.29 is 14.3 Å². The van der Waals surface area contributed by atoms with Crippen LogP contribution in [0.3, 0.4) is 0 Å². The summed E-state index contributed by atoms with van der Waals surface area (Å²) in [5, 5.41) is 1.60. The molecule has 1 fully saturated rings. The van der Waals surface area contributed by atoms with E-state index in [1.165, 1.54) is 0 Å². The minimum absolute atomic E-state index is 0.214. The zero-order valence-corrected chi connectivity index (χ0v) is 15.7. The summed E-state index contributed by atoms with van der Waals surface area (Å²) in [6.07, 6.45) is 4.92. The molecule has 0 radical (unpaired) electrons. The first-order valence-electron chi connectivity index (χ1n) is 7.98. The maximum Gasteiger partial charge on any atom is 0.415 e. The van der Waals surface area contributed by atoms with Gasteiger partial charge in [0, 0.05) is 30.0 Å². The molecule has 0 unspecified atom stereocenters. The Hall–Kier alpha value is -0.780. The molecule has 0 spiro atoms. The lowest BCUT2D eigenvalue weighted by Crippen LogP contribution is -2.42. The van der Waals surface area contributed by atoms with Crippen molar-refractivity contribution in [3.05, 3.63) is 29.3 Å². The molecule has 0 atom stereocenters. The zero-order chi connectivity index (χ0) is 16.7. The molecule has 1 saturated carbocycles. The highest BCUT2D eigenvalue weighted by molar-refractivity contribution is 9.09. The Morgan fingerprint density at radius 1 is 1.26 bits per heavy atom. The van der Waals surface area contributed by atoms with Crippen molar-refractivity contribution in [3.8, 4) is 5.75 Å². The minimum Gasteiger partial charge on any atom is -0.410 e. The molecular weight excluding hydrogens is 382 g/mol. The van der Waals surface area contributed by atoms with Gasteiger partial charge in [0.15, 0.2) is 0 Å². The fourth-order valence-corrected chi connectivity index (χ4v) is 3.08. The molecule has 0 N–H and O–H groups in total. The van der Waals surface area contributed by atoms with Gasteiger partial charge >= 0.3 is 6.09 Å². The molecule has 0 heterocycles. The van der Waals surface area contributed by atoms with Crippen molar-refractivity contribution in [1.82, 2.24) is 4.90 Å². The third-order valence-corrected chi connectivity index (χ3v) is 4.94. The van der Waals surface area contributed by atoms with Gasteiger partial charge in [0.05, 0.1) is 6.10 Å². The Morgan fingerprint density at radius 2 is 1.91 bits per heavy atom. The van der Waals surface area contributed by atoms with E-state index >= 15 is 0 Å². The second-order valence-corrected chi connectivity index (χ2v) is 7.01. The predicted molar refractivity (Wildman–Crippen MR) is 95.6 cm³/mol. The molecule has 2 rings (SSSR count). The largest absolute Gasteiger partial charge is 0.415 e. The predicted octanol–water partition coefficient (Wildman–Crippen LogP) is 4.88. The SMILES string of the molecule is CN(C(=O)Oc1ccc(Cl)cc1)[C@H]1CC[C@H](OCCCBr)CC1. The summed E-state index contributed by atoms with van der Waals surface area (Å²) < 4.78 is 11.2. The third-order valence-electron chi connectivity index (χ3n) is 4.13. The highest BCUT2D eigenvalue weighted by Crippen LogP contribution is 2.25. The molecule has 4 nitrogen and oxygen atoms in total. The summed E-state index contributed by atoms with van der Waals surface area (Å²) >= 11 is 9.23. The standard InChI is InChI=1S/C17H23BrClNO3/c1-20(17(21)23-16-7-3-13(19)4-8-16)14-5-9-15(10-6-14)22-12-2-11-18/h3-4,7-8,14-15H,2,5-6,9-12H2,1H3/t14-,15-. The van der Waals surface area contributed by atoms with Crippen LogP contribution < -0.4 is 4.74 Å². The quantitative estimate of drug-likeness (QED) is 0.501. The van der Waals surface area contributed by atoms with Crippen LogP contribution >= 0.6 is 27.5 Å². The van der Waals surface area contributed by atoms with Crippen LogP contribution in [-0.2, 0) is 4.74 Å². The van der Waals surface area contributed by atoms with Crippen LogP contribution in [0.15, 0.2) is 24.3 Å². The molecule has 1 aromatic carbocycles. The van der Waals surface area contributed by atoms with Crippen molar-refractivity contribution in [3.63, 3.8) is 0 Å². The first-order valence-corrected chi connectivity index (χ1v) is 9.48. The van der Waals surface area contributed by atoms with E-state index in [4.69, 9.17) is 21.1 Å². The molecule has 0 saturated heterocycles. The highest BCUT2D eigenvalue weighted by atomic mass is 79.9. The molecule has 1 aliphatic carbocycles. The van der Waals surface area contributed by atoms with Crippen molar-refractivity contribution >= 4 is 33.6 Å². The maximum absolute atomic E-state index is 12.2. The number of benzene rings is 1. The minimum atomic E-state index is -0.323. The van der Waals surface area contributed by atoms with Gasteiger partial charge in [0.2, 0.25) is 0 Å². The molecule has 1 aliphatic rings. The fourth-order valence-electron chi connectivity index (χ4n) is 2.73. The Kier molecular flexibility index (Phi) is 7.66. The van der Waals surface area contributed by atoms with Crippen molar-refractivity contribution in [1.29, 1.82) is 0 Å². The third kappa shape index (κ3) is 5.98. The van der Waals surface area contributed by atoms with Crippen LogP contribution in [0, 0.1) is 0 Å². The first kappa shape index (κ1) is 18.6. The van der Waals surface area contributed by atoms with E-state index in [1.54, 1.807) is 36.2 Å². The van der Waals surface area contributed by atoms with E-state index in [9.17, 15) is 4.79 Å². The monoisotopic (exact) mass is 403 g/mol. The molecule has 1 amide bonds. The molecule has 128 valence electrons. The van der Waals surface area contributed by atoms with E-state index in [1.807, 2.05) is 0 Å². The number of rotatable bonds is 6. The van der Waals surface area contributed by atoms with Gasteiger partial charge in [0.25, 0.3) is 0 Å². The maximum atomic E-state index is 12.2. The van der Waals surface area contributed by atoms with Gasteiger partial charge in [-0.2, -0.15) is 0 Å². The van der Waals surface area contributed by atoms with Crippen molar-refractivity contribution in [2.75, 3.05) is 19.0 Å². The molecule has 0 bridgehead atoms. The second kappa shape index (κ2) is 9.50. The Labute approximate surface area is 151 Å². The number of nitrogens with zero attached hydrogens (tertiary/aromatic N) is 1. The Bertz CT molecular complexity index is 489. The average Bonchev–Trinajstić information content (AvgIpc) is 2.57. The lowest BCUT2D eigenvalue weighted by molar-refractivity contribution is 0.0130. The molecule has 0 aliphatic heterocycles. The fraction of sp³-hybridized carbons (Fsp3) is 0.588. The molecule has 23 heavy (non-hydrogen) atoms. The smallest absolute Gasteiger partial charge is 0.410 e. The number of halogens is 2. The first-order chi connectivity index (χ1) is 11.1. The second-order valence-electron chi connectivity index (χ2n) is 5.78. The number of carbonyl (C=O) groups is 1. The van der Waals surface area contributed by atoms with Gasteiger partial charge in [-0.25, -0.2) is 4.79 Å². The van der Waals surface area contributed by atoms with Crippen LogP contribution in [0.5, 0.6) is 5.75 Å². The van der Waals surface area contributed by atoms with Crippen LogP contribution in [0.25, 0.3) is 0 Å². The van der Waals surface area contributed by atoms with Gasteiger partial charge in [-0.1, -0.05) is 27.5 Å². The van der Waals surface area contributed by atoms with E-state index in [2.05, 4.69) is 15.9 Å². The number of hydrogen-bond acceptors (Lipinski definition) is 3. The van der Waals surface area contributed by atoms with Crippen LogP contribution in [-0.4, -0.2) is 42.1 Å². The molecule has 0 aromatic heterocycles. The topological polar surface area (TPSA) is 38.8 Å². The van der Waals surface area contributed by atoms with Gasteiger partial charge in [-0.15, -0.1) is 0 Å². The summed E-state index contributed by atoms with van der Waals surface area (Å²) in [6.45, 7) is 0.801. The van der Waals surface area contributed by atoms with Crippen LogP contribution in [0.2, 0.25) is 5.02 Å². The summed E-state index contributed by atoms with van der Waals surface area (Å²) in [5.41, 5.74) is 0. The highest BCUT2D eigenvalue weighted by Gasteiger charge is 2.27. The van der Waals surface area contributed by atoms with E-state index < -0.39 is 0 Å². The van der Waals surface area contributed by atoms with E-state index in [-0.39, 0.29) is 12.1 Å². The number of alkyl halides is 1. The van der Waals surface area contributed by atoms with Crippen LogP contribution in [0.4, 0.5) is 4.79 Å². The number of ether oxygens (including phenoxy) is 2. The Balaban J connectivity index is 1.76. The van der Waals surface area contributed by atoms with Gasteiger partial charge < -0.3 is 14.4 Å². The van der Waals surface area contributed by atoms with Crippen LogP contribution in [0.1, 0.15) is 32.1 Å². The molecular formula is C17H23BrClNO3. The van der Waals surface area contributed by atoms with Gasteiger partial charge in [-0.05, 0) is 56.4 Å². The lowest BCUT2D eigenvalue weighted by atomic mass is 9.92. The number of amides is 1. The summed E-state index contributed by atoms with van der Waals surface area (Å²) in [7, 11) is 1.80. The van der Waals surface area contributed by atoms with Gasteiger partial charge in [-0.3, -0.25) is 0 Å². The molecule has 6 heteroatoms. The average molecular weight is 405 g/mol. The van der Waals surface area contributed by atoms with Crippen molar-refractivity contribution in [2.24, 2.45) is 0 Å². The van der Waals surface area contributed by atoms with E-state index in [0.29, 0.717) is 16.9 Å². The lowest BCUT2D eigenvalue weighted by Gasteiger charge is -2.34.